The Morgan fingerprint density at radius 1 is 1.19 bits per heavy atom. The summed E-state index contributed by atoms with van der Waals surface area (Å²) >= 11 is 0. The number of amides is 2. The van der Waals surface area contributed by atoms with Crippen molar-refractivity contribution in [1.82, 2.24) is 15.1 Å². The summed E-state index contributed by atoms with van der Waals surface area (Å²) < 4.78 is 6.03. The highest BCUT2D eigenvalue weighted by Crippen LogP contribution is 2.19. The van der Waals surface area contributed by atoms with Crippen LogP contribution in [0.5, 0.6) is 0 Å². The third kappa shape index (κ3) is 6.04. The zero-order chi connectivity index (χ0) is 19.2. The Balaban J connectivity index is 1.38. The highest BCUT2D eigenvalue weighted by molar-refractivity contribution is 5.87. The van der Waals surface area contributed by atoms with Crippen LogP contribution in [0.25, 0.3) is 0 Å². The van der Waals surface area contributed by atoms with Gasteiger partial charge in [-0.2, -0.15) is 0 Å². The van der Waals surface area contributed by atoms with E-state index in [1.165, 1.54) is 5.56 Å². The maximum atomic E-state index is 12.6. The maximum absolute atomic E-state index is 12.6. The predicted octanol–water partition coefficient (Wildman–Crippen LogP) is 1.79. The van der Waals surface area contributed by atoms with Crippen LogP contribution in [-0.2, 0) is 20.9 Å². The fraction of sp³-hybridized carbons (Fsp3) is 0.619. The third-order valence-electron chi connectivity index (χ3n) is 5.41. The summed E-state index contributed by atoms with van der Waals surface area (Å²) in [5.41, 5.74) is 1.19. The molecule has 1 aliphatic heterocycles. The number of carbonyl (C=O) groups excluding carboxylic acids is 2. The lowest BCUT2D eigenvalue weighted by molar-refractivity contribution is -0.139. The van der Waals surface area contributed by atoms with Crippen molar-refractivity contribution in [2.24, 2.45) is 0 Å². The van der Waals surface area contributed by atoms with Crippen molar-refractivity contribution < 1.29 is 14.3 Å². The molecular weight excluding hydrogens is 342 g/mol. The number of likely N-dealkylation sites (tertiary alicyclic amines) is 1. The van der Waals surface area contributed by atoms with Crippen LogP contribution in [0, 0.1) is 0 Å². The predicted molar refractivity (Wildman–Crippen MR) is 104 cm³/mol. The van der Waals surface area contributed by atoms with Crippen LogP contribution in [0.4, 0.5) is 0 Å². The van der Waals surface area contributed by atoms with Crippen LogP contribution in [0.15, 0.2) is 30.3 Å². The van der Waals surface area contributed by atoms with Crippen molar-refractivity contribution in [3.8, 4) is 0 Å². The van der Waals surface area contributed by atoms with Crippen molar-refractivity contribution >= 4 is 11.8 Å². The molecule has 1 aromatic carbocycles. The molecule has 0 aromatic heterocycles. The van der Waals surface area contributed by atoms with E-state index in [4.69, 9.17) is 4.74 Å². The van der Waals surface area contributed by atoms with Crippen LogP contribution in [0.1, 0.15) is 38.2 Å². The number of rotatable bonds is 8. The topological polar surface area (TPSA) is 61.9 Å². The third-order valence-corrected chi connectivity index (χ3v) is 5.41. The lowest BCUT2D eigenvalue weighted by Gasteiger charge is -2.36. The SMILES string of the molecule is CC(C(=O)N(C)CC(=O)NC1CC1)N1CCC(OCc2ccccc2)CC1. The number of nitrogens with zero attached hydrogens (tertiary/aromatic N) is 2. The Kier molecular flexibility index (Phi) is 6.85. The lowest BCUT2D eigenvalue weighted by Crippen LogP contribution is -2.51. The number of hydrogen-bond acceptors (Lipinski definition) is 4. The number of nitrogens with one attached hydrogen (secondary N) is 1. The molecule has 1 heterocycles. The van der Waals surface area contributed by atoms with E-state index in [1.807, 2.05) is 25.1 Å². The molecule has 3 rings (SSSR count). The zero-order valence-corrected chi connectivity index (χ0v) is 16.4. The van der Waals surface area contributed by atoms with Crippen molar-refractivity contribution in [2.45, 2.75) is 57.4 Å². The van der Waals surface area contributed by atoms with Crippen molar-refractivity contribution in [3.05, 3.63) is 35.9 Å². The molecule has 1 aliphatic carbocycles. The molecule has 1 aromatic rings. The van der Waals surface area contributed by atoms with E-state index in [0.717, 1.165) is 38.8 Å². The van der Waals surface area contributed by atoms with Crippen LogP contribution in [0.3, 0.4) is 0 Å². The van der Waals surface area contributed by atoms with E-state index in [1.54, 1.807) is 11.9 Å². The first-order chi connectivity index (χ1) is 13.0. The summed E-state index contributed by atoms with van der Waals surface area (Å²) in [5, 5.41) is 2.93. The normalized spacial score (nSPS) is 19.5. The number of ether oxygens (including phenoxy) is 1. The van der Waals surface area contributed by atoms with Gasteiger partial charge in [-0.05, 0) is 38.2 Å². The molecule has 0 spiro atoms. The molecule has 6 heteroatoms. The fourth-order valence-electron chi connectivity index (χ4n) is 3.49. The minimum atomic E-state index is -0.209. The van der Waals surface area contributed by atoms with Gasteiger partial charge in [-0.25, -0.2) is 0 Å². The molecule has 6 nitrogen and oxygen atoms in total. The summed E-state index contributed by atoms with van der Waals surface area (Å²) in [4.78, 5) is 28.3. The van der Waals surface area contributed by atoms with Crippen molar-refractivity contribution in [3.63, 3.8) is 0 Å². The molecule has 148 valence electrons. The second kappa shape index (κ2) is 9.33. The molecule has 1 N–H and O–H groups in total. The molecule has 0 bridgehead atoms. The molecule has 0 radical (unpaired) electrons. The van der Waals surface area contributed by atoms with Gasteiger partial charge in [-0.1, -0.05) is 30.3 Å². The summed E-state index contributed by atoms with van der Waals surface area (Å²) in [6.07, 6.45) is 4.21. The fourth-order valence-corrected chi connectivity index (χ4v) is 3.49. The number of piperidine rings is 1. The zero-order valence-electron chi connectivity index (χ0n) is 16.4. The number of hydrogen-bond donors (Lipinski definition) is 1. The van der Waals surface area contributed by atoms with Gasteiger partial charge < -0.3 is 15.0 Å². The molecule has 1 saturated carbocycles. The van der Waals surface area contributed by atoms with E-state index in [2.05, 4.69) is 22.3 Å². The van der Waals surface area contributed by atoms with E-state index in [0.29, 0.717) is 12.6 Å². The standard InChI is InChI=1S/C21H31N3O3/c1-16(21(26)23(2)14-20(25)22-18-8-9-18)24-12-10-19(11-13-24)27-15-17-6-4-3-5-7-17/h3-7,16,18-19H,8-15H2,1-2H3,(H,22,25). The molecule has 2 amide bonds. The number of carbonyl (C=O) groups is 2. The van der Waals surface area contributed by atoms with Crippen LogP contribution < -0.4 is 5.32 Å². The van der Waals surface area contributed by atoms with Gasteiger partial charge in [0.05, 0.1) is 25.3 Å². The van der Waals surface area contributed by atoms with E-state index in [-0.39, 0.29) is 30.5 Å². The van der Waals surface area contributed by atoms with Crippen LogP contribution in [-0.4, -0.2) is 66.5 Å². The molecule has 2 fully saturated rings. The lowest BCUT2D eigenvalue weighted by atomic mass is 10.1. The van der Waals surface area contributed by atoms with Gasteiger partial charge in [0, 0.05) is 26.2 Å². The Bertz CT molecular complexity index is 625. The molecule has 1 unspecified atom stereocenters. The van der Waals surface area contributed by atoms with Gasteiger partial charge in [0.25, 0.3) is 0 Å². The Labute approximate surface area is 161 Å². The first-order valence-corrected chi connectivity index (χ1v) is 9.97. The average Bonchev–Trinajstić information content (AvgIpc) is 3.50. The minimum Gasteiger partial charge on any atom is -0.373 e. The molecule has 2 aliphatic rings. The highest BCUT2D eigenvalue weighted by Gasteiger charge is 2.30. The summed E-state index contributed by atoms with van der Waals surface area (Å²) in [5.74, 6) is -0.0572. The molecule has 1 saturated heterocycles. The largest absolute Gasteiger partial charge is 0.373 e. The minimum absolute atomic E-state index is 0.00426. The van der Waals surface area contributed by atoms with Gasteiger partial charge >= 0.3 is 0 Å². The Morgan fingerprint density at radius 3 is 2.48 bits per heavy atom. The molecule has 27 heavy (non-hydrogen) atoms. The average molecular weight is 373 g/mol. The smallest absolute Gasteiger partial charge is 0.239 e. The van der Waals surface area contributed by atoms with Gasteiger partial charge in [-0.3, -0.25) is 14.5 Å². The molecule has 1 atom stereocenters. The summed E-state index contributed by atoms with van der Waals surface area (Å²) in [7, 11) is 1.71. The second-order valence-corrected chi connectivity index (χ2v) is 7.74. The Hall–Kier alpha value is -1.92. The van der Waals surface area contributed by atoms with Gasteiger partial charge in [0.15, 0.2) is 0 Å². The van der Waals surface area contributed by atoms with Gasteiger partial charge in [0.1, 0.15) is 0 Å². The first kappa shape index (κ1) is 19.8. The van der Waals surface area contributed by atoms with Gasteiger partial charge in [-0.15, -0.1) is 0 Å². The number of likely N-dealkylation sites (N-methyl/N-ethyl adjacent to an activating group) is 1. The summed E-state index contributed by atoms with van der Waals surface area (Å²) in [6, 6.07) is 10.3. The second-order valence-electron chi connectivity index (χ2n) is 7.74. The van der Waals surface area contributed by atoms with E-state index in [9.17, 15) is 9.59 Å². The van der Waals surface area contributed by atoms with Gasteiger partial charge in [0.2, 0.25) is 11.8 Å². The van der Waals surface area contributed by atoms with E-state index >= 15 is 0 Å². The van der Waals surface area contributed by atoms with Crippen LogP contribution in [0.2, 0.25) is 0 Å². The molecular formula is C21H31N3O3. The van der Waals surface area contributed by atoms with E-state index < -0.39 is 0 Å². The van der Waals surface area contributed by atoms with Crippen LogP contribution >= 0.6 is 0 Å². The maximum Gasteiger partial charge on any atom is 0.239 e. The highest BCUT2D eigenvalue weighted by atomic mass is 16.5. The Morgan fingerprint density at radius 2 is 1.85 bits per heavy atom. The monoisotopic (exact) mass is 373 g/mol. The van der Waals surface area contributed by atoms with Crippen molar-refractivity contribution in [2.75, 3.05) is 26.7 Å². The summed E-state index contributed by atoms with van der Waals surface area (Å²) in [6.45, 7) is 4.39. The quantitative estimate of drug-likeness (QED) is 0.755. The number of benzene rings is 1. The first-order valence-electron chi connectivity index (χ1n) is 9.97. The van der Waals surface area contributed by atoms with Crippen molar-refractivity contribution in [1.29, 1.82) is 0 Å².